The van der Waals surface area contributed by atoms with E-state index in [9.17, 15) is 14.7 Å². The lowest BCUT2D eigenvalue weighted by Gasteiger charge is -2.02. The molecule has 5 heteroatoms. The Kier molecular flexibility index (Phi) is 1.78. The van der Waals surface area contributed by atoms with Gasteiger partial charge in [-0.3, -0.25) is 4.79 Å². The third-order valence-corrected chi connectivity index (χ3v) is 1.81. The monoisotopic (exact) mass is 189 g/mol. The van der Waals surface area contributed by atoms with E-state index in [2.05, 4.69) is 9.97 Å². The van der Waals surface area contributed by atoms with E-state index >= 15 is 0 Å². The topological polar surface area (TPSA) is 85.9 Å². The average Bonchev–Trinajstić information content (AvgIpc) is 2.17. The number of hydrogen-bond donors (Lipinski definition) is 1. The van der Waals surface area contributed by atoms with Crippen LogP contribution in [0.1, 0.15) is 10.6 Å². The van der Waals surface area contributed by atoms with E-state index in [1.807, 2.05) is 0 Å². The van der Waals surface area contributed by atoms with Crippen LogP contribution in [0, 0.1) is 0 Å². The highest BCUT2D eigenvalue weighted by Gasteiger charge is 2.02. The van der Waals surface area contributed by atoms with Crippen molar-refractivity contribution >= 4 is 16.9 Å². The highest BCUT2D eigenvalue weighted by Crippen LogP contribution is 2.04. The second-order valence-corrected chi connectivity index (χ2v) is 2.72. The van der Waals surface area contributed by atoms with Gasteiger partial charge in [-0.05, 0) is 12.1 Å². The first-order valence-electron chi connectivity index (χ1n) is 3.89. The van der Waals surface area contributed by atoms with Crippen molar-refractivity contribution in [2.75, 3.05) is 0 Å². The smallest absolute Gasteiger partial charge is 0.259 e. The minimum atomic E-state index is -1.49. The summed E-state index contributed by atoms with van der Waals surface area (Å²) in [6.45, 7) is 0. The molecule has 5 nitrogen and oxygen atoms in total. The minimum Gasteiger partial charge on any atom is -0.542 e. The lowest BCUT2D eigenvalue weighted by molar-refractivity contribution is -0.256. The number of carbonyl (C=O) groups is 1. The third kappa shape index (κ3) is 1.24. The van der Waals surface area contributed by atoms with Crippen molar-refractivity contribution < 1.29 is 9.90 Å². The van der Waals surface area contributed by atoms with Gasteiger partial charge in [-0.2, -0.15) is 0 Å². The molecule has 0 aliphatic heterocycles. The van der Waals surface area contributed by atoms with E-state index in [4.69, 9.17) is 0 Å². The third-order valence-electron chi connectivity index (χ3n) is 1.81. The van der Waals surface area contributed by atoms with Gasteiger partial charge < -0.3 is 14.9 Å². The maximum atomic E-state index is 11.3. The maximum absolute atomic E-state index is 11.3. The molecule has 0 aliphatic rings. The number of fused-ring (bicyclic) bond motifs is 1. The zero-order valence-corrected chi connectivity index (χ0v) is 6.98. The number of para-hydroxylation sites is 1. The minimum absolute atomic E-state index is 0.343. The summed E-state index contributed by atoms with van der Waals surface area (Å²) < 4.78 is 0. The number of H-pyrrole nitrogens is 1. The molecule has 1 aromatic carbocycles. The van der Waals surface area contributed by atoms with Crippen molar-refractivity contribution in [2.45, 2.75) is 0 Å². The number of carboxylic acid groups (broad SMARTS) is 1. The first-order chi connectivity index (χ1) is 6.68. The molecule has 1 N–H and O–H groups in total. The Morgan fingerprint density at radius 1 is 1.36 bits per heavy atom. The van der Waals surface area contributed by atoms with Crippen molar-refractivity contribution in [3.8, 4) is 0 Å². The van der Waals surface area contributed by atoms with E-state index in [1.165, 1.54) is 0 Å². The molecule has 1 heterocycles. The fourth-order valence-corrected chi connectivity index (χ4v) is 1.18. The van der Waals surface area contributed by atoms with Crippen LogP contribution in [0.15, 0.2) is 29.1 Å². The Hall–Kier alpha value is -2.17. The number of carbonyl (C=O) groups excluding carboxylic acids is 1. The normalized spacial score (nSPS) is 10.3. The van der Waals surface area contributed by atoms with Crippen LogP contribution in [0.2, 0.25) is 0 Å². The zero-order valence-electron chi connectivity index (χ0n) is 6.98. The molecule has 0 bridgehead atoms. The van der Waals surface area contributed by atoms with Gasteiger partial charge in [0.25, 0.3) is 5.56 Å². The SMILES string of the molecule is O=C([O-])c1nc2ccccc2c(=O)[nH]1. The lowest BCUT2D eigenvalue weighted by atomic mass is 10.2. The van der Waals surface area contributed by atoms with Gasteiger partial charge in [0.15, 0.2) is 5.82 Å². The van der Waals surface area contributed by atoms with Crippen LogP contribution in [0.25, 0.3) is 10.9 Å². The molecule has 70 valence electrons. The van der Waals surface area contributed by atoms with Gasteiger partial charge in [0, 0.05) is 0 Å². The summed E-state index contributed by atoms with van der Waals surface area (Å²) in [4.78, 5) is 27.6. The molecule has 0 unspecified atom stereocenters. The van der Waals surface area contributed by atoms with Crippen molar-refractivity contribution in [1.82, 2.24) is 9.97 Å². The second kappa shape index (κ2) is 2.95. The molecule has 0 spiro atoms. The van der Waals surface area contributed by atoms with Crippen LogP contribution in [-0.4, -0.2) is 15.9 Å². The van der Waals surface area contributed by atoms with Crippen molar-refractivity contribution in [1.29, 1.82) is 0 Å². The Morgan fingerprint density at radius 2 is 2.07 bits per heavy atom. The summed E-state index contributed by atoms with van der Waals surface area (Å²) in [7, 11) is 0. The summed E-state index contributed by atoms with van der Waals surface area (Å²) in [5, 5.41) is 10.8. The van der Waals surface area contributed by atoms with E-state index in [-0.39, 0.29) is 0 Å². The molecule has 1 aromatic heterocycles. The fraction of sp³-hybridized carbons (Fsp3) is 0. The summed E-state index contributed by atoms with van der Waals surface area (Å²) in [5.41, 5.74) is -0.134. The lowest BCUT2D eigenvalue weighted by Crippen LogP contribution is -2.27. The van der Waals surface area contributed by atoms with Gasteiger partial charge >= 0.3 is 0 Å². The number of aromatic carboxylic acids is 1. The summed E-state index contributed by atoms with van der Waals surface area (Å²) >= 11 is 0. The Bertz CT molecular complexity index is 559. The molecular formula is C9H5N2O3-. The molecular weight excluding hydrogens is 184 g/mol. The van der Waals surface area contributed by atoms with E-state index < -0.39 is 17.4 Å². The van der Waals surface area contributed by atoms with Crippen LogP contribution >= 0.6 is 0 Å². The quantitative estimate of drug-likeness (QED) is 0.641. The van der Waals surface area contributed by atoms with Crippen LogP contribution in [0.5, 0.6) is 0 Å². The molecule has 2 rings (SSSR count). The van der Waals surface area contributed by atoms with Crippen molar-refractivity contribution in [2.24, 2.45) is 0 Å². The Balaban J connectivity index is 2.86. The number of rotatable bonds is 1. The molecule has 0 fully saturated rings. The summed E-state index contributed by atoms with van der Waals surface area (Å²) in [5.74, 6) is -1.94. The van der Waals surface area contributed by atoms with Gasteiger partial charge in [0.2, 0.25) is 0 Å². The van der Waals surface area contributed by atoms with E-state index in [1.54, 1.807) is 24.3 Å². The van der Waals surface area contributed by atoms with Crippen LogP contribution in [0.3, 0.4) is 0 Å². The molecule has 0 amide bonds. The van der Waals surface area contributed by atoms with Gasteiger partial charge in [0.1, 0.15) is 5.97 Å². The summed E-state index contributed by atoms with van der Waals surface area (Å²) in [6.07, 6.45) is 0. The predicted molar refractivity (Wildman–Crippen MR) is 46.7 cm³/mol. The number of nitrogens with one attached hydrogen (secondary N) is 1. The highest BCUT2D eigenvalue weighted by molar-refractivity contribution is 5.85. The van der Waals surface area contributed by atoms with Crippen LogP contribution < -0.4 is 10.7 Å². The van der Waals surface area contributed by atoms with Crippen molar-refractivity contribution in [3.63, 3.8) is 0 Å². The number of aromatic amines is 1. The maximum Gasteiger partial charge on any atom is 0.259 e. The van der Waals surface area contributed by atoms with Crippen LogP contribution in [0.4, 0.5) is 0 Å². The molecule has 0 aliphatic carbocycles. The zero-order chi connectivity index (χ0) is 10.1. The number of aromatic nitrogens is 2. The van der Waals surface area contributed by atoms with E-state index in [0.717, 1.165) is 0 Å². The van der Waals surface area contributed by atoms with Gasteiger partial charge in [-0.1, -0.05) is 12.1 Å². The fourth-order valence-electron chi connectivity index (χ4n) is 1.18. The van der Waals surface area contributed by atoms with Crippen LogP contribution in [-0.2, 0) is 0 Å². The largest absolute Gasteiger partial charge is 0.542 e. The van der Waals surface area contributed by atoms with Gasteiger partial charge in [-0.25, -0.2) is 4.98 Å². The standard InChI is InChI=1S/C9H6N2O3/c12-8-5-3-1-2-4-6(5)10-7(11-8)9(13)14/h1-4H,(H,13,14)(H,10,11,12)/p-1. The van der Waals surface area contributed by atoms with Gasteiger partial charge in [0.05, 0.1) is 10.9 Å². The highest BCUT2D eigenvalue weighted by atomic mass is 16.4. The summed E-state index contributed by atoms with van der Waals surface area (Å²) in [6, 6.07) is 6.49. The molecule has 14 heavy (non-hydrogen) atoms. The number of hydrogen-bond acceptors (Lipinski definition) is 4. The number of carboxylic acids is 1. The predicted octanol–water partition coefficient (Wildman–Crippen LogP) is -0.713. The average molecular weight is 189 g/mol. The van der Waals surface area contributed by atoms with Gasteiger partial charge in [-0.15, -0.1) is 0 Å². The molecule has 2 aromatic rings. The molecule has 0 atom stereocenters. The first-order valence-corrected chi connectivity index (χ1v) is 3.89. The van der Waals surface area contributed by atoms with E-state index in [0.29, 0.717) is 10.9 Å². The van der Waals surface area contributed by atoms with Crippen molar-refractivity contribution in [3.05, 3.63) is 40.4 Å². The number of benzene rings is 1. The molecule has 0 radical (unpaired) electrons. The molecule has 0 saturated carbocycles. The molecule has 0 saturated heterocycles. The first kappa shape index (κ1) is 8.43. The Labute approximate surface area is 78.0 Å². The number of nitrogens with zero attached hydrogens (tertiary/aromatic N) is 1. The second-order valence-electron chi connectivity index (χ2n) is 2.72. The Morgan fingerprint density at radius 3 is 2.79 bits per heavy atom.